The number of anilines is 1. The lowest BCUT2D eigenvalue weighted by atomic mass is 10.3. The molecule has 1 aliphatic heterocycles. The predicted octanol–water partition coefficient (Wildman–Crippen LogP) is 1.48. The van der Waals surface area contributed by atoms with Crippen molar-refractivity contribution in [1.82, 2.24) is 14.9 Å². The summed E-state index contributed by atoms with van der Waals surface area (Å²) in [6, 6.07) is 0. The lowest BCUT2D eigenvalue weighted by molar-refractivity contribution is -0.385. The van der Waals surface area contributed by atoms with Crippen LogP contribution in [0, 0.1) is 17.0 Å². The smallest absolute Gasteiger partial charge is 0.332 e. The van der Waals surface area contributed by atoms with E-state index in [9.17, 15) is 10.1 Å². The molecule has 0 radical (unpaired) electrons. The van der Waals surface area contributed by atoms with Gasteiger partial charge in [-0.1, -0.05) is 0 Å². The fourth-order valence-corrected chi connectivity index (χ4v) is 2.42. The molecule has 0 amide bonds. The van der Waals surface area contributed by atoms with Crippen molar-refractivity contribution in [2.75, 3.05) is 44.7 Å². The highest BCUT2D eigenvalue weighted by molar-refractivity contribution is 6.28. The number of aromatic nitrogens is 2. The van der Waals surface area contributed by atoms with Crippen molar-refractivity contribution in [3.8, 4) is 0 Å². The van der Waals surface area contributed by atoms with E-state index < -0.39 is 4.92 Å². The van der Waals surface area contributed by atoms with Crippen LogP contribution in [0.5, 0.6) is 0 Å². The molecule has 0 atom stereocenters. The molecule has 0 saturated carbocycles. The number of ether oxygens (including phenoxy) is 1. The number of rotatable bonds is 6. The van der Waals surface area contributed by atoms with Crippen LogP contribution in [0.25, 0.3) is 0 Å². The molecule has 1 fully saturated rings. The quantitative estimate of drug-likeness (QED) is 0.368. The molecule has 1 N–H and O–H groups in total. The Bertz CT molecular complexity index is 508. The number of morpholine rings is 1. The lowest BCUT2D eigenvalue weighted by Crippen LogP contribution is -2.37. The van der Waals surface area contributed by atoms with Crippen LogP contribution in [0.3, 0.4) is 0 Å². The van der Waals surface area contributed by atoms with Crippen molar-refractivity contribution in [2.45, 2.75) is 13.3 Å². The molecule has 0 aliphatic carbocycles. The summed E-state index contributed by atoms with van der Waals surface area (Å²) < 4.78 is 5.28. The molecule has 21 heavy (non-hydrogen) atoms. The van der Waals surface area contributed by atoms with Crippen LogP contribution in [0.4, 0.5) is 11.5 Å². The van der Waals surface area contributed by atoms with Gasteiger partial charge in [-0.2, -0.15) is 4.98 Å². The first-order valence-electron chi connectivity index (χ1n) is 6.80. The molecule has 8 nitrogen and oxygen atoms in total. The largest absolute Gasteiger partial charge is 0.379 e. The summed E-state index contributed by atoms with van der Waals surface area (Å²) in [5.41, 5.74) is 0.140. The molecule has 0 bridgehead atoms. The van der Waals surface area contributed by atoms with Gasteiger partial charge in [0.05, 0.1) is 18.1 Å². The molecule has 2 rings (SSSR count). The van der Waals surface area contributed by atoms with Crippen LogP contribution >= 0.6 is 11.6 Å². The van der Waals surface area contributed by atoms with Crippen molar-refractivity contribution in [3.63, 3.8) is 0 Å². The van der Waals surface area contributed by atoms with Crippen LogP contribution in [0.2, 0.25) is 5.28 Å². The zero-order valence-electron chi connectivity index (χ0n) is 11.8. The molecule has 0 unspecified atom stereocenters. The number of halogens is 1. The summed E-state index contributed by atoms with van der Waals surface area (Å²) in [4.78, 5) is 20.6. The Hall–Kier alpha value is -1.51. The molecule has 1 aliphatic rings. The zero-order chi connectivity index (χ0) is 15.2. The van der Waals surface area contributed by atoms with Crippen LogP contribution in [-0.4, -0.2) is 59.2 Å². The van der Waals surface area contributed by atoms with E-state index in [0.29, 0.717) is 6.54 Å². The Kier molecular flexibility index (Phi) is 5.66. The number of nitro groups is 1. The van der Waals surface area contributed by atoms with E-state index in [2.05, 4.69) is 20.2 Å². The Morgan fingerprint density at radius 3 is 2.81 bits per heavy atom. The van der Waals surface area contributed by atoms with Gasteiger partial charge in [-0.05, 0) is 31.5 Å². The summed E-state index contributed by atoms with van der Waals surface area (Å²) in [7, 11) is 0. The first kappa shape index (κ1) is 15.9. The second kappa shape index (κ2) is 7.48. The van der Waals surface area contributed by atoms with E-state index in [-0.39, 0.29) is 22.5 Å². The lowest BCUT2D eigenvalue weighted by Gasteiger charge is -2.26. The number of aryl methyl sites for hydroxylation is 1. The van der Waals surface area contributed by atoms with Gasteiger partial charge in [0.2, 0.25) is 11.1 Å². The van der Waals surface area contributed by atoms with Crippen LogP contribution in [-0.2, 0) is 4.74 Å². The normalized spacial score (nSPS) is 15.9. The fraction of sp³-hybridized carbons (Fsp3) is 0.667. The molecule has 0 spiro atoms. The first-order chi connectivity index (χ1) is 10.1. The Morgan fingerprint density at radius 2 is 2.14 bits per heavy atom. The predicted molar refractivity (Wildman–Crippen MR) is 78.8 cm³/mol. The molecule has 0 aromatic carbocycles. The summed E-state index contributed by atoms with van der Waals surface area (Å²) in [5.74, 6) is 0.180. The summed E-state index contributed by atoms with van der Waals surface area (Å²) in [6.07, 6.45) is 0.859. The molecule has 1 aromatic rings. The Balaban J connectivity index is 1.88. The van der Waals surface area contributed by atoms with Crippen LogP contribution < -0.4 is 5.32 Å². The van der Waals surface area contributed by atoms with E-state index in [1.54, 1.807) is 6.92 Å². The van der Waals surface area contributed by atoms with Crippen molar-refractivity contribution in [3.05, 3.63) is 21.1 Å². The van der Waals surface area contributed by atoms with E-state index in [1.165, 1.54) is 0 Å². The van der Waals surface area contributed by atoms with E-state index in [1.807, 2.05) is 0 Å². The van der Waals surface area contributed by atoms with Crippen molar-refractivity contribution in [1.29, 1.82) is 0 Å². The third kappa shape index (κ3) is 4.48. The molecule has 116 valence electrons. The third-order valence-corrected chi connectivity index (χ3v) is 3.43. The number of hydrogen-bond acceptors (Lipinski definition) is 7. The summed E-state index contributed by atoms with van der Waals surface area (Å²) in [5, 5.41) is 14.0. The summed E-state index contributed by atoms with van der Waals surface area (Å²) >= 11 is 5.75. The molecular formula is C12H18ClN5O3. The van der Waals surface area contributed by atoms with Crippen molar-refractivity contribution in [2.24, 2.45) is 0 Å². The maximum atomic E-state index is 11.1. The van der Waals surface area contributed by atoms with Gasteiger partial charge in [-0.25, -0.2) is 4.98 Å². The standard InChI is InChI=1S/C12H18ClN5O3/c1-9-10(18(19)20)11(16-12(13)15-9)14-3-2-4-17-5-7-21-8-6-17/h2-8H2,1H3,(H,14,15,16). The van der Waals surface area contributed by atoms with Gasteiger partial charge in [-0.15, -0.1) is 0 Å². The fourth-order valence-electron chi connectivity index (χ4n) is 2.21. The molecule has 1 saturated heterocycles. The topological polar surface area (TPSA) is 93.4 Å². The molecule has 2 heterocycles. The maximum Gasteiger partial charge on any atom is 0.332 e. The highest BCUT2D eigenvalue weighted by atomic mass is 35.5. The van der Waals surface area contributed by atoms with Crippen LogP contribution in [0.15, 0.2) is 0 Å². The van der Waals surface area contributed by atoms with E-state index in [0.717, 1.165) is 39.3 Å². The number of nitrogens with zero attached hydrogens (tertiary/aromatic N) is 4. The van der Waals surface area contributed by atoms with Gasteiger partial charge in [0.25, 0.3) is 0 Å². The van der Waals surface area contributed by atoms with Gasteiger partial charge in [0.15, 0.2) is 0 Å². The minimum atomic E-state index is -0.490. The van der Waals surface area contributed by atoms with Gasteiger partial charge in [0.1, 0.15) is 5.69 Å². The second-order valence-electron chi connectivity index (χ2n) is 4.77. The Labute approximate surface area is 127 Å². The van der Waals surface area contributed by atoms with Crippen molar-refractivity contribution >= 4 is 23.1 Å². The van der Waals surface area contributed by atoms with Gasteiger partial charge in [-0.3, -0.25) is 15.0 Å². The monoisotopic (exact) mass is 315 g/mol. The minimum absolute atomic E-state index is 0.00813. The maximum absolute atomic E-state index is 11.1. The SMILES string of the molecule is Cc1nc(Cl)nc(NCCCN2CCOCC2)c1[N+](=O)[O-]. The second-order valence-corrected chi connectivity index (χ2v) is 5.10. The average molecular weight is 316 g/mol. The van der Waals surface area contributed by atoms with Gasteiger partial charge >= 0.3 is 5.69 Å². The highest BCUT2D eigenvalue weighted by Crippen LogP contribution is 2.26. The first-order valence-corrected chi connectivity index (χ1v) is 7.18. The highest BCUT2D eigenvalue weighted by Gasteiger charge is 2.21. The molecule has 1 aromatic heterocycles. The zero-order valence-corrected chi connectivity index (χ0v) is 12.6. The minimum Gasteiger partial charge on any atom is -0.379 e. The van der Waals surface area contributed by atoms with Gasteiger partial charge in [0, 0.05) is 19.6 Å². The van der Waals surface area contributed by atoms with E-state index >= 15 is 0 Å². The average Bonchev–Trinajstić information content (AvgIpc) is 2.43. The molecular weight excluding hydrogens is 298 g/mol. The Morgan fingerprint density at radius 1 is 1.43 bits per heavy atom. The number of hydrogen-bond donors (Lipinski definition) is 1. The van der Waals surface area contributed by atoms with Gasteiger partial charge < -0.3 is 10.1 Å². The van der Waals surface area contributed by atoms with E-state index in [4.69, 9.17) is 16.3 Å². The summed E-state index contributed by atoms with van der Waals surface area (Å²) in [6.45, 7) is 6.44. The number of nitrogens with one attached hydrogen (secondary N) is 1. The third-order valence-electron chi connectivity index (χ3n) is 3.26. The van der Waals surface area contributed by atoms with Crippen LogP contribution in [0.1, 0.15) is 12.1 Å². The van der Waals surface area contributed by atoms with Crippen molar-refractivity contribution < 1.29 is 9.66 Å². The molecule has 9 heteroatoms.